The number of rotatable bonds is 6. The fourth-order valence-corrected chi connectivity index (χ4v) is 3.05. The van der Waals surface area contributed by atoms with Crippen molar-refractivity contribution in [3.05, 3.63) is 64.9 Å². The van der Waals surface area contributed by atoms with Crippen LogP contribution in [0.25, 0.3) is 0 Å². The lowest BCUT2D eigenvalue weighted by Crippen LogP contribution is -2.42. The monoisotopic (exact) mass is 359 g/mol. The highest BCUT2D eigenvalue weighted by atomic mass is 35.5. The van der Waals surface area contributed by atoms with E-state index in [4.69, 9.17) is 16.3 Å². The van der Waals surface area contributed by atoms with Crippen LogP contribution in [0, 0.1) is 0 Å². The number of carbonyl (C=O) groups is 1. The maximum atomic E-state index is 12.8. The molecule has 1 fully saturated rings. The van der Waals surface area contributed by atoms with Crippen LogP contribution >= 0.6 is 11.6 Å². The van der Waals surface area contributed by atoms with Gasteiger partial charge in [-0.1, -0.05) is 29.8 Å². The molecular formula is C19H22ClN3O2. The van der Waals surface area contributed by atoms with E-state index in [1.54, 1.807) is 18.3 Å². The molecule has 1 aromatic heterocycles. The van der Waals surface area contributed by atoms with E-state index in [1.807, 2.05) is 30.3 Å². The molecule has 0 radical (unpaired) electrons. The van der Waals surface area contributed by atoms with Gasteiger partial charge in [-0.2, -0.15) is 0 Å². The van der Waals surface area contributed by atoms with E-state index in [0.717, 1.165) is 44.1 Å². The van der Waals surface area contributed by atoms with Gasteiger partial charge in [-0.3, -0.25) is 14.7 Å². The summed E-state index contributed by atoms with van der Waals surface area (Å²) in [7, 11) is 0. The van der Waals surface area contributed by atoms with Crippen molar-refractivity contribution < 1.29 is 9.53 Å². The number of nitrogens with one attached hydrogen (secondary N) is 1. The molecule has 1 atom stereocenters. The third kappa shape index (κ3) is 5.01. The van der Waals surface area contributed by atoms with Crippen molar-refractivity contribution in [3.63, 3.8) is 0 Å². The molecule has 1 aliphatic rings. The summed E-state index contributed by atoms with van der Waals surface area (Å²) in [4.78, 5) is 19.5. The smallest absolute Gasteiger partial charge is 0.233 e. The van der Waals surface area contributed by atoms with E-state index >= 15 is 0 Å². The molecular weight excluding hydrogens is 338 g/mol. The number of hydrogen-bond donors (Lipinski definition) is 1. The number of nitrogens with zero attached hydrogens (tertiary/aromatic N) is 2. The van der Waals surface area contributed by atoms with E-state index in [2.05, 4.69) is 15.2 Å². The maximum Gasteiger partial charge on any atom is 0.233 e. The van der Waals surface area contributed by atoms with Crippen LogP contribution in [0.3, 0.4) is 0 Å². The van der Waals surface area contributed by atoms with E-state index in [0.29, 0.717) is 11.6 Å². The van der Waals surface area contributed by atoms with Gasteiger partial charge in [0.1, 0.15) is 5.92 Å². The second-order valence-electron chi connectivity index (χ2n) is 5.98. The van der Waals surface area contributed by atoms with Crippen LogP contribution in [-0.4, -0.2) is 55.2 Å². The van der Waals surface area contributed by atoms with Crippen LogP contribution in [0.4, 0.5) is 0 Å². The molecule has 3 rings (SSSR count). The molecule has 1 unspecified atom stereocenters. The summed E-state index contributed by atoms with van der Waals surface area (Å²) in [5.41, 5.74) is 1.61. The van der Waals surface area contributed by atoms with Crippen LogP contribution in [0.15, 0.2) is 48.7 Å². The van der Waals surface area contributed by atoms with Crippen molar-refractivity contribution in [1.82, 2.24) is 15.2 Å². The second kappa shape index (κ2) is 8.94. The van der Waals surface area contributed by atoms with Gasteiger partial charge in [0, 0.05) is 37.4 Å². The fraction of sp³-hybridized carbons (Fsp3) is 0.368. The van der Waals surface area contributed by atoms with Gasteiger partial charge in [0.05, 0.1) is 18.9 Å². The Kier molecular flexibility index (Phi) is 6.39. The molecule has 25 heavy (non-hydrogen) atoms. The van der Waals surface area contributed by atoms with Crippen molar-refractivity contribution in [2.45, 2.75) is 5.92 Å². The van der Waals surface area contributed by atoms with Gasteiger partial charge >= 0.3 is 0 Å². The van der Waals surface area contributed by atoms with E-state index in [-0.39, 0.29) is 5.91 Å². The number of pyridine rings is 1. The Bertz CT molecular complexity index is 673. The number of morpholine rings is 1. The molecule has 1 aliphatic heterocycles. The van der Waals surface area contributed by atoms with Gasteiger partial charge in [0.25, 0.3) is 0 Å². The van der Waals surface area contributed by atoms with Crippen LogP contribution in [0.5, 0.6) is 0 Å². The zero-order valence-corrected chi connectivity index (χ0v) is 14.8. The van der Waals surface area contributed by atoms with Crippen molar-refractivity contribution in [2.24, 2.45) is 0 Å². The predicted molar refractivity (Wildman–Crippen MR) is 97.8 cm³/mol. The highest BCUT2D eigenvalue weighted by Gasteiger charge is 2.24. The van der Waals surface area contributed by atoms with Crippen molar-refractivity contribution in [3.8, 4) is 0 Å². The second-order valence-corrected chi connectivity index (χ2v) is 6.42. The number of benzene rings is 1. The standard InChI is InChI=1S/C19H22ClN3O2/c20-16-6-4-15(5-7-16)18(17-3-1-2-8-21-17)19(24)22-9-10-23-11-13-25-14-12-23/h1-8,18H,9-14H2,(H,22,24). The Balaban J connectivity index is 1.68. The van der Waals surface area contributed by atoms with E-state index in [1.165, 1.54) is 0 Å². The molecule has 2 aromatic rings. The minimum absolute atomic E-state index is 0.0470. The Morgan fingerprint density at radius 1 is 1.20 bits per heavy atom. The molecule has 1 amide bonds. The van der Waals surface area contributed by atoms with Crippen molar-refractivity contribution in [1.29, 1.82) is 0 Å². The first-order valence-corrected chi connectivity index (χ1v) is 8.86. The van der Waals surface area contributed by atoms with Gasteiger partial charge < -0.3 is 10.1 Å². The number of carbonyl (C=O) groups excluding carboxylic acids is 1. The number of halogens is 1. The van der Waals surface area contributed by atoms with Gasteiger partial charge in [0.15, 0.2) is 0 Å². The van der Waals surface area contributed by atoms with Gasteiger partial charge in [0.2, 0.25) is 5.91 Å². The van der Waals surface area contributed by atoms with Crippen molar-refractivity contribution >= 4 is 17.5 Å². The molecule has 5 nitrogen and oxygen atoms in total. The number of hydrogen-bond acceptors (Lipinski definition) is 4. The largest absolute Gasteiger partial charge is 0.379 e. The Morgan fingerprint density at radius 3 is 2.64 bits per heavy atom. The zero-order chi connectivity index (χ0) is 17.5. The Hall–Kier alpha value is -1.95. The number of aromatic nitrogens is 1. The highest BCUT2D eigenvalue weighted by molar-refractivity contribution is 6.30. The van der Waals surface area contributed by atoms with Crippen LogP contribution in [0.1, 0.15) is 17.2 Å². The quantitative estimate of drug-likeness (QED) is 0.860. The highest BCUT2D eigenvalue weighted by Crippen LogP contribution is 2.24. The van der Waals surface area contributed by atoms with Crippen molar-refractivity contribution in [2.75, 3.05) is 39.4 Å². The van der Waals surface area contributed by atoms with E-state index in [9.17, 15) is 4.79 Å². The summed E-state index contributed by atoms with van der Waals surface area (Å²) in [6.07, 6.45) is 1.71. The molecule has 132 valence electrons. The van der Waals surface area contributed by atoms with Gasteiger partial charge in [-0.05, 0) is 29.8 Å². The number of ether oxygens (including phenoxy) is 1. The van der Waals surface area contributed by atoms with Crippen LogP contribution in [-0.2, 0) is 9.53 Å². The van der Waals surface area contributed by atoms with Crippen LogP contribution in [0.2, 0.25) is 5.02 Å². The first kappa shape index (κ1) is 17.9. The lowest BCUT2D eigenvalue weighted by Gasteiger charge is -2.26. The summed E-state index contributed by atoms with van der Waals surface area (Å²) in [6, 6.07) is 13.0. The molecule has 1 saturated heterocycles. The third-order valence-electron chi connectivity index (χ3n) is 4.28. The lowest BCUT2D eigenvalue weighted by molar-refractivity contribution is -0.121. The molecule has 6 heteroatoms. The van der Waals surface area contributed by atoms with Gasteiger partial charge in [-0.15, -0.1) is 0 Å². The van der Waals surface area contributed by atoms with Crippen LogP contribution < -0.4 is 5.32 Å². The fourth-order valence-electron chi connectivity index (χ4n) is 2.92. The predicted octanol–water partition coefficient (Wildman–Crippen LogP) is 2.32. The minimum atomic E-state index is -0.442. The first-order chi connectivity index (χ1) is 12.2. The van der Waals surface area contributed by atoms with E-state index < -0.39 is 5.92 Å². The topological polar surface area (TPSA) is 54.5 Å². The first-order valence-electron chi connectivity index (χ1n) is 8.48. The summed E-state index contributed by atoms with van der Waals surface area (Å²) >= 11 is 5.98. The molecule has 0 saturated carbocycles. The van der Waals surface area contributed by atoms with Gasteiger partial charge in [-0.25, -0.2) is 0 Å². The summed E-state index contributed by atoms with van der Waals surface area (Å²) in [6.45, 7) is 4.78. The zero-order valence-electron chi connectivity index (χ0n) is 14.0. The maximum absolute atomic E-state index is 12.8. The summed E-state index contributed by atoms with van der Waals surface area (Å²) in [5.74, 6) is -0.488. The number of amides is 1. The molecule has 0 aliphatic carbocycles. The molecule has 1 N–H and O–H groups in total. The molecule has 2 heterocycles. The lowest BCUT2D eigenvalue weighted by atomic mass is 9.94. The normalized spacial score (nSPS) is 16.4. The average molecular weight is 360 g/mol. The Morgan fingerprint density at radius 2 is 1.96 bits per heavy atom. The molecule has 1 aromatic carbocycles. The third-order valence-corrected chi connectivity index (χ3v) is 4.53. The summed E-state index contributed by atoms with van der Waals surface area (Å²) in [5, 5.41) is 3.70. The average Bonchev–Trinajstić information content (AvgIpc) is 2.65. The Labute approximate surface area is 153 Å². The molecule has 0 spiro atoms. The molecule has 0 bridgehead atoms. The SMILES string of the molecule is O=C(NCCN1CCOCC1)C(c1ccc(Cl)cc1)c1ccccn1. The summed E-state index contributed by atoms with van der Waals surface area (Å²) < 4.78 is 5.34. The minimum Gasteiger partial charge on any atom is -0.379 e.